The monoisotopic (exact) mass is 542 g/mol. The summed E-state index contributed by atoms with van der Waals surface area (Å²) in [6, 6.07) is 34.1. The van der Waals surface area contributed by atoms with Gasteiger partial charge in [-0.25, -0.2) is 4.90 Å². The first-order chi connectivity index (χ1) is 20.2. The standard InChI is InChI=1S/C37H37N2O2/c1-3-5-24-38-32-26-30(28-14-9-7-10-15-28)20-22-34(32)40-36(38)18-13-19-37-39(25-6-4-2)33-27-31(21-23-35(33)41-37)29-16-11-8-12-17-29/h7-23,26-27H,3-6,24-25H2,1-2H3/q+1/p+1. The number of oxazole rings is 1. The number of nitrogens with one attached hydrogen (secondary N) is 1. The van der Waals surface area contributed by atoms with Crippen molar-refractivity contribution in [2.75, 3.05) is 6.54 Å². The van der Waals surface area contributed by atoms with E-state index in [1.165, 1.54) is 32.8 Å². The number of unbranched alkanes of at least 4 members (excludes halogenated alkanes) is 2. The molecule has 206 valence electrons. The molecule has 4 heteroatoms. The van der Waals surface area contributed by atoms with Gasteiger partial charge in [0.05, 0.1) is 12.6 Å². The van der Waals surface area contributed by atoms with Crippen LogP contribution in [0.3, 0.4) is 0 Å². The summed E-state index contributed by atoms with van der Waals surface area (Å²) < 4.78 is 15.1. The van der Waals surface area contributed by atoms with Gasteiger partial charge in [-0.1, -0.05) is 99.5 Å². The lowest BCUT2D eigenvalue weighted by molar-refractivity contribution is -0.796. The van der Waals surface area contributed by atoms with E-state index in [1.54, 1.807) is 0 Å². The van der Waals surface area contributed by atoms with Crippen LogP contribution in [0, 0.1) is 0 Å². The number of ether oxygens (including phenoxy) is 1. The number of quaternary nitrogens is 1. The van der Waals surface area contributed by atoms with Gasteiger partial charge in [0.1, 0.15) is 0 Å². The second-order valence-electron chi connectivity index (χ2n) is 10.6. The van der Waals surface area contributed by atoms with Crippen LogP contribution in [-0.2, 0) is 6.54 Å². The van der Waals surface area contributed by atoms with Crippen molar-refractivity contribution in [3.05, 3.63) is 121 Å². The van der Waals surface area contributed by atoms with Crippen LogP contribution in [0.15, 0.2) is 120 Å². The van der Waals surface area contributed by atoms with E-state index in [4.69, 9.17) is 9.15 Å². The first-order valence-corrected chi connectivity index (χ1v) is 14.9. The van der Waals surface area contributed by atoms with E-state index in [-0.39, 0.29) is 0 Å². The van der Waals surface area contributed by atoms with Gasteiger partial charge in [0, 0.05) is 24.6 Å². The molecule has 2 heterocycles. The molecule has 0 fully saturated rings. The molecule has 0 aliphatic carbocycles. The van der Waals surface area contributed by atoms with Gasteiger partial charge in [-0.05, 0) is 46.9 Å². The van der Waals surface area contributed by atoms with Crippen molar-refractivity contribution in [3.8, 4) is 28.0 Å². The lowest BCUT2D eigenvalue weighted by Gasteiger charge is -2.11. The first kappa shape index (κ1) is 26.8. The molecule has 0 saturated carbocycles. The van der Waals surface area contributed by atoms with Crippen molar-refractivity contribution in [2.24, 2.45) is 0 Å². The van der Waals surface area contributed by atoms with Crippen LogP contribution in [0.25, 0.3) is 39.4 Å². The minimum Gasteiger partial charge on any atom is -0.406 e. The topological polar surface area (TPSA) is 30.7 Å². The van der Waals surface area contributed by atoms with Crippen molar-refractivity contribution in [1.82, 2.24) is 0 Å². The molecule has 0 radical (unpaired) electrons. The van der Waals surface area contributed by atoms with E-state index in [0.717, 1.165) is 67.4 Å². The van der Waals surface area contributed by atoms with Gasteiger partial charge in [-0.15, -0.1) is 0 Å². The zero-order chi connectivity index (χ0) is 28.0. The van der Waals surface area contributed by atoms with Crippen molar-refractivity contribution in [1.29, 1.82) is 0 Å². The summed E-state index contributed by atoms with van der Waals surface area (Å²) in [4.78, 5) is 1.28. The van der Waals surface area contributed by atoms with Gasteiger partial charge in [-0.3, -0.25) is 0 Å². The highest BCUT2D eigenvalue weighted by Gasteiger charge is 2.32. The Hall–Kier alpha value is -4.41. The predicted molar refractivity (Wildman–Crippen MR) is 167 cm³/mol. The molecule has 4 aromatic carbocycles. The van der Waals surface area contributed by atoms with Gasteiger partial charge in [-0.2, -0.15) is 4.57 Å². The third kappa shape index (κ3) is 5.75. The smallest absolute Gasteiger partial charge is 0.374 e. The highest BCUT2D eigenvalue weighted by Crippen LogP contribution is 2.33. The summed E-state index contributed by atoms with van der Waals surface area (Å²) in [5, 5.41) is 0. The van der Waals surface area contributed by atoms with Gasteiger partial charge >= 0.3 is 11.8 Å². The summed E-state index contributed by atoms with van der Waals surface area (Å²) in [6.45, 7) is 6.37. The highest BCUT2D eigenvalue weighted by molar-refractivity contribution is 5.78. The Bertz CT molecular complexity index is 1680. The number of nitrogens with zero attached hydrogens (tertiary/aromatic N) is 1. The molecular formula is C37H38N2O2+2. The van der Waals surface area contributed by atoms with Crippen molar-refractivity contribution >= 4 is 22.9 Å². The van der Waals surface area contributed by atoms with E-state index >= 15 is 0 Å². The molecule has 1 aromatic heterocycles. The maximum absolute atomic E-state index is 6.40. The highest BCUT2D eigenvalue weighted by atomic mass is 16.5. The Labute approximate surface area is 242 Å². The van der Waals surface area contributed by atoms with Crippen molar-refractivity contribution in [3.63, 3.8) is 0 Å². The molecule has 1 atom stereocenters. The average molecular weight is 543 g/mol. The number of aromatic nitrogens is 1. The minimum absolute atomic E-state index is 0.854. The van der Waals surface area contributed by atoms with Crippen LogP contribution in [0.5, 0.6) is 5.75 Å². The van der Waals surface area contributed by atoms with E-state index in [2.05, 4.69) is 134 Å². The predicted octanol–water partition coefficient (Wildman–Crippen LogP) is 8.12. The number of allylic oxidation sites excluding steroid dienone is 2. The van der Waals surface area contributed by atoms with Gasteiger partial charge in [0.25, 0.3) is 5.52 Å². The van der Waals surface area contributed by atoms with Crippen molar-refractivity contribution in [2.45, 2.75) is 46.1 Å². The van der Waals surface area contributed by atoms with E-state index < -0.39 is 0 Å². The van der Waals surface area contributed by atoms with Crippen LogP contribution in [0.1, 0.15) is 45.4 Å². The molecule has 1 N–H and O–H groups in total. The number of hydrogen-bond donors (Lipinski definition) is 1. The molecule has 1 aliphatic heterocycles. The van der Waals surface area contributed by atoms with Gasteiger partial charge < -0.3 is 9.15 Å². The molecule has 1 unspecified atom stereocenters. The summed E-state index contributed by atoms with van der Waals surface area (Å²) in [5.74, 6) is 2.72. The van der Waals surface area contributed by atoms with E-state index in [1.807, 2.05) is 0 Å². The zero-order valence-electron chi connectivity index (χ0n) is 24.0. The fourth-order valence-electron chi connectivity index (χ4n) is 5.52. The second-order valence-corrected chi connectivity index (χ2v) is 10.6. The Morgan fingerprint density at radius 1 is 0.732 bits per heavy atom. The van der Waals surface area contributed by atoms with E-state index in [9.17, 15) is 0 Å². The van der Waals surface area contributed by atoms with Crippen LogP contribution < -0.4 is 14.2 Å². The van der Waals surface area contributed by atoms with Crippen LogP contribution >= 0.6 is 0 Å². The van der Waals surface area contributed by atoms with Gasteiger partial charge in [0.2, 0.25) is 5.58 Å². The Morgan fingerprint density at radius 2 is 1.41 bits per heavy atom. The molecule has 0 spiro atoms. The second kappa shape index (κ2) is 12.4. The Morgan fingerprint density at radius 3 is 2.12 bits per heavy atom. The lowest BCUT2D eigenvalue weighted by Crippen LogP contribution is -3.04. The quantitative estimate of drug-likeness (QED) is 0.181. The lowest BCUT2D eigenvalue weighted by atomic mass is 10.0. The third-order valence-electron chi connectivity index (χ3n) is 7.77. The zero-order valence-corrected chi connectivity index (χ0v) is 24.0. The molecule has 5 aromatic rings. The molecule has 4 nitrogen and oxygen atoms in total. The average Bonchev–Trinajstić information content (AvgIpc) is 3.55. The Balaban J connectivity index is 1.32. The number of rotatable bonds is 10. The van der Waals surface area contributed by atoms with E-state index in [0.29, 0.717) is 0 Å². The maximum Gasteiger partial charge on any atom is 0.374 e. The molecule has 1 aliphatic rings. The van der Waals surface area contributed by atoms with Crippen molar-refractivity contribution < 1.29 is 18.6 Å². The summed E-state index contributed by atoms with van der Waals surface area (Å²) >= 11 is 0. The maximum atomic E-state index is 6.40. The fourth-order valence-corrected chi connectivity index (χ4v) is 5.52. The summed E-state index contributed by atoms with van der Waals surface area (Å²) in [6.07, 6.45) is 10.7. The minimum atomic E-state index is 0.854. The summed E-state index contributed by atoms with van der Waals surface area (Å²) in [5.41, 5.74) is 8.08. The molecule has 41 heavy (non-hydrogen) atoms. The number of fused-ring (bicyclic) bond motifs is 2. The molecule has 0 bridgehead atoms. The molecule has 0 saturated heterocycles. The normalized spacial score (nSPS) is 15.6. The number of benzene rings is 4. The van der Waals surface area contributed by atoms with Crippen LogP contribution in [-0.4, -0.2) is 6.54 Å². The fraction of sp³-hybridized carbons (Fsp3) is 0.216. The SMILES string of the molecule is CCCC[n+]1c(C=CC=C2Oc3ccc(-c4ccccc4)cc3[NH+]2CCCC)oc2ccc(-c3ccccc3)cc21. The van der Waals surface area contributed by atoms with Crippen LogP contribution in [0.4, 0.5) is 5.69 Å². The number of aryl methyl sites for hydroxylation is 1. The molecular weight excluding hydrogens is 504 g/mol. The molecule has 6 rings (SSSR count). The summed E-state index contributed by atoms with van der Waals surface area (Å²) in [7, 11) is 0. The Kier molecular flexibility index (Phi) is 8.11. The first-order valence-electron chi connectivity index (χ1n) is 14.9. The van der Waals surface area contributed by atoms with Crippen LogP contribution in [0.2, 0.25) is 0 Å². The number of hydrogen-bond acceptors (Lipinski definition) is 2. The van der Waals surface area contributed by atoms with Gasteiger partial charge in [0.15, 0.2) is 18.0 Å². The molecule has 0 amide bonds. The largest absolute Gasteiger partial charge is 0.406 e. The third-order valence-corrected chi connectivity index (χ3v) is 7.77.